The molecule has 0 aliphatic carbocycles. The van der Waals surface area contributed by atoms with Crippen molar-refractivity contribution in [3.05, 3.63) is 90.0 Å². The maximum absolute atomic E-state index is 13.5. The van der Waals surface area contributed by atoms with Gasteiger partial charge in [-0.15, -0.1) is 0 Å². The van der Waals surface area contributed by atoms with Gasteiger partial charge in [0.1, 0.15) is 5.75 Å². The highest BCUT2D eigenvalue weighted by atomic mass is 32.2. The Morgan fingerprint density at radius 3 is 2.32 bits per heavy atom. The van der Waals surface area contributed by atoms with Crippen LogP contribution in [0.5, 0.6) is 5.75 Å². The molecule has 0 radical (unpaired) electrons. The fraction of sp³-hybridized carbons (Fsp3) is 0.208. The molecule has 34 heavy (non-hydrogen) atoms. The number of nitrogens with one attached hydrogen (secondary N) is 1. The van der Waals surface area contributed by atoms with Crippen molar-refractivity contribution in [1.29, 1.82) is 0 Å². The summed E-state index contributed by atoms with van der Waals surface area (Å²) >= 11 is 0. The minimum absolute atomic E-state index is 0.0547. The Hall–Kier alpha value is -3.37. The van der Waals surface area contributed by atoms with Gasteiger partial charge in [-0.05, 0) is 54.4 Å². The average molecular weight is 500 g/mol. The molecule has 0 bridgehead atoms. The van der Waals surface area contributed by atoms with Crippen molar-refractivity contribution in [2.24, 2.45) is 5.10 Å². The lowest BCUT2D eigenvalue weighted by molar-refractivity contribution is 0.370. The summed E-state index contributed by atoms with van der Waals surface area (Å²) in [4.78, 5) is 0.142. The quantitative estimate of drug-likeness (QED) is 0.504. The van der Waals surface area contributed by atoms with Gasteiger partial charge in [0.2, 0.25) is 10.0 Å². The Balaban J connectivity index is 1.75. The van der Waals surface area contributed by atoms with Crippen LogP contribution in [-0.2, 0) is 20.0 Å². The molecule has 1 unspecified atom stereocenters. The zero-order valence-corrected chi connectivity index (χ0v) is 20.4. The van der Waals surface area contributed by atoms with Crippen LogP contribution in [-0.4, -0.2) is 39.8 Å². The Morgan fingerprint density at radius 2 is 1.68 bits per heavy atom. The van der Waals surface area contributed by atoms with Crippen LogP contribution in [0.1, 0.15) is 30.5 Å². The topological polar surface area (TPSA) is 105 Å². The molecule has 178 valence electrons. The zero-order chi connectivity index (χ0) is 24.3. The van der Waals surface area contributed by atoms with Crippen LogP contribution < -0.4 is 9.46 Å². The first kappa shape index (κ1) is 23.8. The van der Waals surface area contributed by atoms with E-state index in [0.29, 0.717) is 29.1 Å². The van der Waals surface area contributed by atoms with Crippen molar-refractivity contribution in [3.63, 3.8) is 0 Å². The molecule has 3 aromatic carbocycles. The largest absolute Gasteiger partial charge is 0.497 e. The molecule has 1 aliphatic heterocycles. The van der Waals surface area contributed by atoms with Crippen molar-refractivity contribution in [3.8, 4) is 5.75 Å². The summed E-state index contributed by atoms with van der Waals surface area (Å²) in [5.41, 5.74) is 2.34. The number of benzene rings is 3. The molecule has 1 atom stereocenters. The van der Waals surface area contributed by atoms with E-state index in [2.05, 4.69) is 9.82 Å². The van der Waals surface area contributed by atoms with Gasteiger partial charge in [0, 0.05) is 12.1 Å². The highest BCUT2D eigenvalue weighted by Gasteiger charge is 2.37. The summed E-state index contributed by atoms with van der Waals surface area (Å²) in [5.74, 6) is 0.608. The lowest BCUT2D eigenvalue weighted by Gasteiger charge is -2.23. The molecule has 0 fully saturated rings. The molecule has 4 rings (SSSR count). The molecule has 0 saturated heterocycles. The van der Waals surface area contributed by atoms with Gasteiger partial charge in [-0.3, -0.25) is 4.72 Å². The molecule has 1 N–H and O–H groups in total. The first-order valence-electron chi connectivity index (χ1n) is 10.7. The van der Waals surface area contributed by atoms with Gasteiger partial charge in [-0.2, -0.15) is 17.9 Å². The van der Waals surface area contributed by atoms with Crippen molar-refractivity contribution in [2.75, 3.05) is 17.6 Å². The van der Waals surface area contributed by atoms with E-state index >= 15 is 0 Å². The molecule has 0 saturated carbocycles. The van der Waals surface area contributed by atoms with Crippen LogP contribution in [0.3, 0.4) is 0 Å². The van der Waals surface area contributed by atoms with Gasteiger partial charge in [-0.1, -0.05) is 42.5 Å². The van der Waals surface area contributed by atoms with Gasteiger partial charge < -0.3 is 4.74 Å². The number of nitrogens with zero attached hydrogens (tertiary/aromatic N) is 2. The Kier molecular flexibility index (Phi) is 6.63. The van der Waals surface area contributed by atoms with E-state index in [4.69, 9.17) is 4.74 Å². The number of hydrazone groups is 1. The van der Waals surface area contributed by atoms with E-state index in [1.807, 2.05) is 12.1 Å². The summed E-state index contributed by atoms with van der Waals surface area (Å²) in [5, 5.41) is 4.52. The fourth-order valence-electron chi connectivity index (χ4n) is 3.67. The second-order valence-electron chi connectivity index (χ2n) is 7.72. The van der Waals surface area contributed by atoms with E-state index < -0.39 is 26.1 Å². The van der Waals surface area contributed by atoms with E-state index in [1.165, 1.54) is 12.1 Å². The Labute approximate surface area is 200 Å². The number of anilines is 1. The third-order valence-electron chi connectivity index (χ3n) is 5.51. The van der Waals surface area contributed by atoms with Crippen LogP contribution in [0.2, 0.25) is 0 Å². The van der Waals surface area contributed by atoms with Crippen LogP contribution in [0.15, 0.2) is 88.9 Å². The lowest BCUT2D eigenvalue weighted by atomic mass is 9.99. The van der Waals surface area contributed by atoms with Crippen molar-refractivity contribution >= 4 is 31.4 Å². The third-order valence-corrected chi connectivity index (χ3v) is 8.51. The van der Waals surface area contributed by atoms with E-state index in [-0.39, 0.29) is 10.6 Å². The summed E-state index contributed by atoms with van der Waals surface area (Å²) < 4.78 is 59.9. The van der Waals surface area contributed by atoms with E-state index in [9.17, 15) is 16.8 Å². The average Bonchev–Trinajstić information content (AvgIpc) is 3.31. The molecule has 3 aromatic rings. The van der Waals surface area contributed by atoms with E-state index in [0.717, 1.165) is 9.98 Å². The summed E-state index contributed by atoms with van der Waals surface area (Å²) in [6, 6.07) is 21.6. The first-order chi connectivity index (χ1) is 16.2. The zero-order valence-electron chi connectivity index (χ0n) is 18.7. The maximum Gasteiger partial charge on any atom is 0.279 e. The predicted molar refractivity (Wildman–Crippen MR) is 132 cm³/mol. The van der Waals surface area contributed by atoms with E-state index in [1.54, 1.807) is 68.6 Å². The van der Waals surface area contributed by atoms with Crippen LogP contribution >= 0.6 is 0 Å². The second-order valence-corrected chi connectivity index (χ2v) is 11.5. The molecule has 0 aromatic heterocycles. The van der Waals surface area contributed by atoms with Gasteiger partial charge >= 0.3 is 0 Å². The summed E-state index contributed by atoms with van der Waals surface area (Å²) in [6.45, 7) is 1.55. The molecular weight excluding hydrogens is 474 g/mol. The minimum atomic E-state index is -3.93. The highest BCUT2D eigenvalue weighted by Crippen LogP contribution is 2.38. The van der Waals surface area contributed by atoms with Crippen LogP contribution in [0, 0.1) is 0 Å². The predicted octanol–water partition coefficient (Wildman–Crippen LogP) is 4.00. The maximum atomic E-state index is 13.5. The number of sulfonamides is 2. The standard InChI is InChI=1S/C24H25N3O5S2/c1-3-33(28,29)26-20-9-7-8-19(16-20)23-17-24(18-12-14-21(32-2)15-13-18)27(25-23)34(30,31)22-10-5-4-6-11-22/h4-16,24,26H,3,17H2,1-2H3. The lowest BCUT2D eigenvalue weighted by Crippen LogP contribution is -2.27. The van der Waals surface area contributed by atoms with Crippen molar-refractivity contribution in [2.45, 2.75) is 24.3 Å². The smallest absolute Gasteiger partial charge is 0.279 e. The SMILES string of the molecule is CCS(=O)(=O)Nc1cccc(C2=NN(S(=O)(=O)c3ccccc3)C(c3ccc(OC)cc3)C2)c1. The Morgan fingerprint density at radius 1 is 0.971 bits per heavy atom. The molecule has 8 nitrogen and oxygen atoms in total. The van der Waals surface area contributed by atoms with Crippen molar-refractivity contribution < 1.29 is 21.6 Å². The van der Waals surface area contributed by atoms with Crippen molar-refractivity contribution in [1.82, 2.24) is 4.41 Å². The summed E-state index contributed by atoms with van der Waals surface area (Å²) in [7, 11) is -5.82. The number of rotatable bonds is 8. The molecule has 0 spiro atoms. The van der Waals surface area contributed by atoms with Gasteiger partial charge in [0.15, 0.2) is 0 Å². The normalized spacial score (nSPS) is 16.2. The first-order valence-corrected chi connectivity index (χ1v) is 13.7. The Bertz CT molecular complexity index is 1400. The monoisotopic (exact) mass is 499 g/mol. The highest BCUT2D eigenvalue weighted by molar-refractivity contribution is 7.92. The number of methoxy groups -OCH3 is 1. The van der Waals surface area contributed by atoms with Crippen LogP contribution in [0.4, 0.5) is 5.69 Å². The third kappa shape index (κ3) is 4.92. The molecular formula is C24H25N3O5S2. The molecule has 1 heterocycles. The fourth-order valence-corrected chi connectivity index (χ4v) is 5.76. The number of ether oxygens (including phenoxy) is 1. The van der Waals surface area contributed by atoms with Gasteiger partial charge in [0.25, 0.3) is 10.0 Å². The number of hydrogen-bond donors (Lipinski definition) is 1. The molecule has 10 heteroatoms. The minimum Gasteiger partial charge on any atom is -0.497 e. The molecule has 0 amide bonds. The summed E-state index contributed by atoms with van der Waals surface area (Å²) in [6.07, 6.45) is 0.322. The van der Waals surface area contributed by atoms with Gasteiger partial charge in [0.05, 0.1) is 29.5 Å². The van der Waals surface area contributed by atoms with Gasteiger partial charge in [-0.25, -0.2) is 8.42 Å². The molecule has 1 aliphatic rings. The van der Waals surface area contributed by atoms with Crippen LogP contribution in [0.25, 0.3) is 0 Å². The number of hydrogen-bond acceptors (Lipinski definition) is 6. The second kappa shape index (κ2) is 9.47.